The number of hydrogen-bond acceptors (Lipinski definition) is 3. The lowest BCUT2D eigenvalue weighted by atomic mass is 10.1. The number of hydrogen-bond donors (Lipinski definition) is 1. The molecule has 0 fully saturated rings. The zero-order chi connectivity index (χ0) is 15.7. The standard InChI is InChI=1S/C16H16N2O3S/c1-22(20,21)18-14-10-6-5-9-13(14)16(19)17-11-15(18)12-7-3-2-4-8-12/h2-10,15H,11H2,1H3,(H,17,19)/t15-/m1/s1. The quantitative estimate of drug-likeness (QED) is 0.921. The van der Waals surface area contributed by atoms with E-state index in [1.54, 1.807) is 24.3 Å². The van der Waals surface area contributed by atoms with Crippen molar-refractivity contribution < 1.29 is 13.2 Å². The minimum atomic E-state index is -3.54. The highest BCUT2D eigenvalue weighted by molar-refractivity contribution is 7.92. The van der Waals surface area contributed by atoms with Crippen LogP contribution >= 0.6 is 0 Å². The van der Waals surface area contributed by atoms with Crippen molar-refractivity contribution in [1.82, 2.24) is 5.32 Å². The van der Waals surface area contributed by atoms with Gasteiger partial charge in [0.1, 0.15) is 0 Å². The largest absolute Gasteiger partial charge is 0.350 e. The molecule has 2 aromatic carbocycles. The van der Waals surface area contributed by atoms with Crippen LogP contribution in [-0.2, 0) is 10.0 Å². The molecular formula is C16H16N2O3S. The Hall–Kier alpha value is -2.34. The van der Waals surface area contributed by atoms with Gasteiger partial charge in [0.15, 0.2) is 0 Å². The van der Waals surface area contributed by atoms with Crippen LogP contribution in [-0.4, -0.2) is 27.1 Å². The molecule has 1 amide bonds. The van der Waals surface area contributed by atoms with Gasteiger partial charge >= 0.3 is 0 Å². The van der Waals surface area contributed by atoms with Gasteiger partial charge < -0.3 is 5.32 Å². The minimum absolute atomic E-state index is 0.227. The fourth-order valence-electron chi connectivity index (χ4n) is 2.73. The van der Waals surface area contributed by atoms with Gasteiger partial charge in [0, 0.05) is 6.54 Å². The van der Waals surface area contributed by atoms with Crippen molar-refractivity contribution in [1.29, 1.82) is 0 Å². The van der Waals surface area contributed by atoms with Crippen LogP contribution in [0.1, 0.15) is 22.0 Å². The molecule has 22 heavy (non-hydrogen) atoms. The maximum Gasteiger partial charge on any atom is 0.253 e. The van der Waals surface area contributed by atoms with E-state index >= 15 is 0 Å². The summed E-state index contributed by atoms with van der Waals surface area (Å²) in [4.78, 5) is 12.2. The summed E-state index contributed by atoms with van der Waals surface area (Å²) in [6.45, 7) is 0.227. The van der Waals surface area contributed by atoms with Crippen LogP contribution in [0.4, 0.5) is 5.69 Å². The maximum absolute atomic E-state index is 12.4. The molecule has 0 aliphatic carbocycles. The average Bonchev–Trinajstić information content (AvgIpc) is 2.65. The first kappa shape index (κ1) is 14.6. The lowest BCUT2D eigenvalue weighted by Crippen LogP contribution is -2.38. The summed E-state index contributed by atoms with van der Waals surface area (Å²) in [5.41, 5.74) is 1.62. The highest BCUT2D eigenvalue weighted by atomic mass is 32.2. The predicted octanol–water partition coefficient (Wildman–Crippen LogP) is 1.94. The number of amides is 1. The summed E-state index contributed by atoms with van der Waals surface area (Å²) in [6.07, 6.45) is 1.16. The molecule has 5 nitrogen and oxygen atoms in total. The van der Waals surface area contributed by atoms with E-state index < -0.39 is 16.1 Å². The normalized spacial score (nSPS) is 18.3. The van der Waals surface area contributed by atoms with E-state index in [-0.39, 0.29) is 12.5 Å². The average molecular weight is 316 g/mol. The first-order valence-electron chi connectivity index (χ1n) is 6.90. The Morgan fingerprint density at radius 2 is 1.68 bits per heavy atom. The van der Waals surface area contributed by atoms with Gasteiger partial charge in [-0.15, -0.1) is 0 Å². The smallest absolute Gasteiger partial charge is 0.253 e. The lowest BCUT2D eigenvalue weighted by molar-refractivity contribution is 0.0955. The number of anilines is 1. The van der Waals surface area contributed by atoms with Gasteiger partial charge in [-0.05, 0) is 17.7 Å². The molecule has 1 aliphatic rings. The van der Waals surface area contributed by atoms with Crippen molar-refractivity contribution >= 4 is 21.6 Å². The number of carbonyl (C=O) groups is 1. The second-order valence-electron chi connectivity index (χ2n) is 5.21. The second-order valence-corrected chi connectivity index (χ2v) is 7.07. The zero-order valence-electron chi connectivity index (χ0n) is 12.1. The Morgan fingerprint density at radius 1 is 1.05 bits per heavy atom. The lowest BCUT2D eigenvalue weighted by Gasteiger charge is -2.30. The van der Waals surface area contributed by atoms with Crippen LogP contribution in [0.15, 0.2) is 54.6 Å². The molecule has 0 saturated heterocycles. The Morgan fingerprint density at radius 3 is 2.36 bits per heavy atom. The summed E-state index contributed by atoms with van der Waals surface area (Å²) >= 11 is 0. The highest BCUT2D eigenvalue weighted by Crippen LogP contribution is 2.34. The van der Waals surface area contributed by atoms with Gasteiger partial charge in [0.25, 0.3) is 5.91 Å². The number of carbonyl (C=O) groups excluding carboxylic acids is 1. The molecule has 2 aromatic rings. The van der Waals surface area contributed by atoms with E-state index in [4.69, 9.17) is 0 Å². The minimum Gasteiger partial charge on any atom is -0.350 e. The van der Waals surface area contributed by atoms with Crippen LogP contribution in [0.25, 0.3) is 0 Å². The third-order valence-corrected chi connectivity index (χ3v) is 4.83. The van der Waals surface area contributed by atoms with Crippen molar-refractivity contribution in [2.24, 2.45) is 0 Å². The van der Waals surface area contributed by atoms with Gasteiger partial charge in [-0.2, -0.15) is 0 Å². The number of fused-ring (bicyclic) bond motifs is 1. The van der Waals surface area contributed by atoms with Crippen molar-refractivity contribution in [2.75, 3.05) is 17.1 Å². The number of sulfonamides is 1. The number of rotatable bonds is 2. The zero-order valence-corrected chi connectivity index (χ0v) is 12.9. The summed E-state index contributed by atoms with van der Waals surface area (Å²) in [7, 11) is -3.54. The van der Waals surface area contributed by atoms with Gasteiger partial charge in [0.05, 0.1) is 23.5 Å². The van der Waals surface area contributed by atoms with Crippen LogP contribution in [0, 0.1) is 0 Å². The Bertz CT molecular complexity index is 803. The summed E-state index contributed by atoms with van der Waals surface area (Å²) in [5, 5.41) is 2.81. The van der Waals surface area contributed by atoms with Crippen molar-refractivity contribution in [3.63, 3.8) is 0 Å². The van der Waals surface area contributed by atoms with E-state index in [1.165, 1.54) is 4.31 Å². The first-order valence-corrected chi connectivity index (χ1v) is 8.75. The first-order chi connectivity index (χ1) is 10.5. The Balaban J connectivity index is 2.22. The summed E-state index contributed by atoms with van der Waals surface area (Å²) < 4.78 is 26.1. The molecule has 6 heteroatoms. The van der Waals surface area contributed by atoms with E-state index in [0.29, 0.717) is 11.3 Å². The van der Waals surface area contributed by atoms with Gasteiger partial charge in [0.2, 0.25) is 10.0 Å². The fraction of sp³-hybridized carbons (Fsp3) is 0.188. The molecule has 0 unspecified atom stereocenters. The molecule has 1 atom stereocenters. The molecular weight excluding hydrogens is 300 g/mol. The molecule has 114 valence electrons. The van der Waals surface area contributed by atoms with E-state index in [9.17, 15) is 13.2 Å². The third kappa shape index (κ3) is 2.57. The SMILES string of the molecule is CS(=O)(=O)N1c2ccccc2C(=O)NC[C@@H]1c1ccccc1. The van der Waals surface area contributed by atoms with Crippen LogP contribution in [0.3, 0.4) is 0 Å². The third-order valence-electron chi connectivity index (χ3n) is 3.67. The van der Waals surface area contributed by atoms with Gasteiger partial charge in [-0.3, -0.25) is 9.10 Å². The predicted molar refractivity (Wildman–Crippen MR) is 85.3 cm³/mol. The number of benzene rings is 2. The molecule has 0 saturated carbocycles. The molecule has 0 radical (unpaired) electrons. The summed E-state index contributed by atoms with van der Waals surface area (Å²) in [6, 6.07) is 15.6. The molecule has 0 aromatic heterocycles. The molecule has 1 aliphatic heterocycles. The number of nitrogens with one attached hydrogen (secondary N) is 1. The topological polar surface area (TPSA) is 66.5 Å². The van der Waals surface area contributed by atoms with Crippen molar-refractivity contribution in [3.05, 3.63) is 65.7 Å². The van der Waals surface area contributed by atoms with Crippen LogP contribution in [0.5, 0.6) is 0 Å². The van der Waals surface area contributed by atoms with Crippen LogP contribution < -0.4 is 9.62 Å². The molecule has 0 spiro atoms. The van der Waals surface area contributed by atoms with E-state index in [0.717, 1.165) is 11.8 Å². The van der Waals surface area contributed by atoms with Crippen molar-refractivity contribution in [3.8, 4) is 0 Å². The fourth-order valence-corrected chi connectivity index (χ4v) is 3.91. The Labute approximate surface area is 129 Å². The monoisotopic (exact) mass is 316 g/mol. The highest BCUT2D eigenvalue weighted by Gasteiger charge is 2.34. The van der Waals surface area contributed by atoms with E-state index in [1.807, 2.05) is 30.3 Å². The molecule has 1 N–H and O–H groups in total. The Kier molecular flexibility index (Phi) is 3.62. The van der Waals surface area contributed by atoms with Crippen LogP contribution in [0.2, 0.25) is 0 Å². The van der Waals surface area contributed by atoms with E-state index in [2.05, 4.69) is 5.32 Å². The van der Waals surface area contributed by atoms with Gasteiger partial charge in [-0.25, -0.2) is 8.42 Å². The summed E-state index contributed by atoms with van der Waals surface area (Å²) in [5.74, 6) is -0.261. The van der Waals surface area contributed by atoms with Crippen molar-refractivity contribution in [2.45, 2.75) is 6.04 Å². The second kappa shape index (κ2) is 5.46. The molecule has 3 rings (SSSR count). The number of para-hydroxylation sites is 1. The number of nitrogens with zero attached hydrogens (tertiary/aromatic N) is 1. The maximum atomic E-state index is 12.4. The molecule has 1 heterocycles. The molecule has 0 bridgehead atoms. The van der Waals surface area contributed by atoms with Gasteiger partial charge in [-0.1, -0.05) is 42.5 Å².